The first-order valence-electron chi connectivity index (χ1n) is 7.65. The number of pyridine rings is 1. The average molecular weight is 280 g/mol. The number of rotatable bonds is 2. The highest BCUT2D eigenvalue weighted by molar-refractivity contribution is 6.09. The van der Waals surface area contributed by atoms with Gasteiger partial charge in [0, 0.05) is 11.1 Å². The summed E-state index contributed by atoms with van der Waals surface area (Å²) >= 11 is 0. The lowest BCUT2D eigenvalue weighted by atomic mass is 9.95. The molecule has 1 aliphatic carbocycles. The van der Waals surface area contributed by atoms with Gasteiger partial charge >= 0.3 is 0 Å². The quantitative estimate of drug-likeness (QED) is 0.835. The van der Waals surface area contributed by atoms with Crippen molar-refractivity contribution < 1.29 is 4.79 Å². The smallest absolute Gasteiger partial charge is 0.207 e. The first-order chi connectivity index (χ1) is 10.3. The van der Waals surface area contributed by atoms with Gasteiger partial charge in [0.15, 0.2) is 0 Å². The Kier molecular flexibility index (Phi) is 4.00. The lowest BCUT2D eigenvalue weighted by molar-refractivity contribution is 0.102. The predicted molar refractivity (Wildman–Crippen MR) is 86.3 cm³/mol. The van der Waals surface area contributed by atoms with E-state index < -0.39 is 0 Å². The second-order valence-corrected chi connectivity index (χ2v) is 5.63. The minimum absolute atomic E-state index is 0.0364. The number of nitrogen functional groups attached to an aromatic ring is 1. The Morgan fingerprint density at radius 3 is 2.81 bits per heavy atom. The Bertz CT molecular complexity index is 703. The Labute approximate surface area is 124 Å². The molecule has 0 spiro atoms. The third kappa shape index (κ3) is 2.97. The second kappa shape index (κ2) is 6.08. The molecule has 0 bridgehead atoms. The van der Waals surface area contributed by atoms with Crippen LogP contribution in [0.3, 0.4) is 0 Å². The standard InChI is InChI=1S/C18H20N2O/c19-15-12-17(20-16-11-7-6-10-14(15)16)18(21)13-8-4-2-1-3-5-9-13/h6-8,10-12H,1-5,9H2,(H2,19,20)/b13-8+. The number of aromatic nitrogens is 1. The van der Waals surface area contributed by atoms with Crippen LogP contribution in [0.4, 0.5) is 5.69 Å². The van der Waals surface area contributed by atoms with Gasteiger partial charge in [-0.3, -0.25) is 4.79 Å². The SMILES string of the molecule is Nc1cc(C(=O)/C2=C/CCCCCC2)nc2ccccc12. The van der Waals surface area contributed by atoms with Crippen molar-refractivity contribution in [3.05, 3.63) is 47.7 Å². The van der Waals surface area contributed by atoms with Gasteiger partial charge in [-0.15, -0.1) is 0 Å². The van der Waals surface area contributed by atoms with E-state index in [9.17, 15) is 4.79 Å². The molecule has 0 saturated heterocycles. The zero-order valence-corrected chi connectivity index (χ0v) is 12.1. The number of allylic oxidation sites excluding steroid dienone is 2. The predicted octanol–water partition coefficient (Wildman–Crippen LogP) is 4.28. The van der Waals surface area contributed by atoms with E-state index in [4.69, 9.17) is 5.73 Å². The molecule has 0 radical (unpaired) electrons. The van der Waals surface area contributed by atoms with E-state index in [1.54, 1.807) is 6.07 Å². The van der Waals surface area contributed by atoms with Gasteiger partial charge in [-0.2, -0.15) is 0 Å². The maximum atomic E-state index is 12.7. The summed E-state index contributed by atoms with van der Waals surface area (Å²) in [6, 6.07) is 9.39. The number of nitrogens with zero attached hydrogens (tertiary/aromatic N) is 1. The summed E-state index contributed by atoms with van der Waals surface area (Å²) in [5.41, 5.74) is 8.84. The van der Waals surface area contributed by atoms with Crippen molar-refractivity contribution in [2.75, 3.05) is 5.73 Å². The number of hydrogen-bond acceptors (Lipinski definition) is 3. The summed E-state index contributed by atoms with van der Waals surface area (Å²) < 4.78 is 0. The molecule has 1 aliphatic rings. The van der Waals surface area contributed by atoms with Crippen molar-refractivity contribution in [3.63, 3.8) is 0 Å². The van der Waals surface area contributed by atoms with Crippen molar-refractivity contribution in [2.45, 2.75) is 38.5 Å². The maximum Gasteiger partial charge on any atom is 0.207 e. The molecule has 0 atom stereocenters. The minimum atomic E-state index is 0.0364. The molecule has 2 aromatic rings. The number of Topliss-reactive ketones (excluding diaryl/α,β-unsaturated/α-hetero) is 1. The third-order valence-electron chi connectivity index (χ3n) is 4.06. The highest BCUT2D eigenvalue weighted by atomic mass is 16.1. The molecule has 1 aromatic carbocycles. The Hall–Kier alpha value is -2.16. The molecule has 2 N–H and O–H groups in total. The zero-order chi connectivity index (χ0) is 14.7. The van der Waals surface area contributed by atoms with Crippen LogP contribution < -0.4 is 5.73 Å². The summed E-state index contributed by atoms with van der Waals surface area (Å²) in [7, 11) is 0. The third-order valence-corrected chi connectivity index (χ3v) is 4.06. The van der Waals surface area contributed by atoms with Gasteiger partial charge in [-0.25, -0.2) is 4.98 Å². The molecular formula is C18H20N2O. The number of ketones is 1. The average Bonchev–Trinajstić information content (AvgIpc) is 2.46. The highest BCUT2D eigenvalue weighted by Crippen LogP contribution is 2.24. The summed E-state index contributed by atoms with van der Waals surface area (Å²) in [6.45, 7) is 0. The number of para-hydroxylation sites is 1. The molecule has 0 aliphatic heterocycles. The fourth-order valence-electron chi connectivity index (χ4n) is 2.88. The fourth-order valence-corrected chi connectivity index (χ4v) is 2.88. The number of carbonyl (C=O) groups excluding carboxylic acids is 1. The molecular weight excluding hydrogens is 260 g/mol. The minimum Gasteiger partial charge on any atom is -0.398 e. The lowest BCUT2D eigenvalue weighted by Gasteiger charge is -2.11. The number of nitrogens with two attached hydrogens (primary N) is 1. The molecule has 1 aromatic heterocycles. The summed E-state index contributed by atoms with van der Waals surface area (Å²) in [6.07, 6.45) is 8.66. The van der Waals surface area contributed by atoms with Gasteiger partial charge in [0.1, 0.15) is 5.69 Å². The van der Waals surface area contributed by atoms with E-state index in [-0.39, 0.29) is 5.78 Å². The first-order valence-corrected chi connectivity index (χ1v) is 7.65. The number of fused-ring (bicyclic) bond motifs is 1. The molecule has 108 valence electrons. The summed E-state index contributed by atoms with van der Waals surface area (Å²) in [5.74, 6) is 0.0364. The van der Waals surface area contributed by atoms with Gasteiger partial charge in [0.05, 0.1) is 5.52 Å². The number of benzene rings is 1. The van der Waals surface area contributed by atoms with Gasteiger partial charge in [-0.1, -0.05) is 37.1 Å². The molecule has 21 heavy (non-hydrogen) atoms. The molecule has 3 heteroatoms. The Morgan fingerprint density at radius 1 is 1.10 bits per heavy atom. The maximum absolute atomic E-state index is 12.7. The molecule has 3 nitrogen and oxygen atoms in total. The topological polar surface area (TPSA) is 56.0 Å². The molecule has 0 saturated carbocycles. The summed E-state index contributed by atoms with van der Waals surface area (Å²) in [5, 5.41) is 0.903. The van der Waals surface area contributed by atoms with Gasteiger partial charge in [0.25, 0.3) is 0 Å². The Balaban J connectivity index is 1.97. The van der Waals surface area contributed by atoms with Gasteiger partial charge in [0.2, 0.25) is 5.78 Å². The van der Waals surface area contributed by atoms with Crippen LogP contribution in [0.25, 0.3) is 10.9 Å². The van der Waals surface area contributed by atoms with Crippen molar-refractivity contribution in [2.24, 2.45) is 0 Å². The largest absolute Gasteiger partial charge is 0.398 e. The number of hydrogen-bond donors (Lipinski definition) is 1. The van der Waals surface area contributed by atoms with Gasteiger partial charge < -0.3 is 5.73 Å². The van der Waals surface area contributed by atoms with Crippen molar-refractivity contribution in [1.82, 2.24) is 4.98 Å². The normalized spacial score (nSPS) is 18.6. The van der Waals surface area contributed by atoms with E-state index >= 15 is 0 Å². The zero-order valence-electron chi connectivity index (χ0n) is 12.1. The molecule has 0 amide bonds. The number of carbonyl (C=O) groups is 1. The van der Waals surface area contributed by atoms with Gasteiger partial charge in [-0.05, 0) is 43.4 Å². The molecule has 1 heterocycles. The highest BCUT2D eigenvalue weighted by Gasteiger charge is 2.16. The van der Waals surface area contributed by atoms with Crippen LogP contribution in [0, 0.1) is 0 Å². The van der Waals surface area contributed by atoms with Crippen molar-refractivity contribution >= 4 is 22.4 Å². The van der Waals surface area contributed by atoms with Crippen LogP contribution in [-0.2, 0) is 0 Å². The number of anilines is 1. The molecule has 0 unspecified atom stereocenters. The molecule has 3 rings (SSSR count). The monoisotopic (exact) mass is 280 g/mol. The van der Waals surface area contributed by atoms with Crippen LogP contribution in [0.1, 0.15) is 49.0 Å². The van der Waals surface area contributed by atoms with E-state index in [0.717, 1.165) is 35.7 Å². The van der Waals surface area contributed by atoms with Crippen LogP contribution in [-0.4, -0.2) is 10.8 Å². The lowest BCUT2D eigenvalue weighted by Crippen LogP contribution is -2.08. The van der Waals surface area contributed by atoms with Crippen molar-refractivity contribution in [1.29, 1.82) is 0 Å². The van der Waals surface area contributed by atoms with Crippen molar-refractivity contribution in [3.8, 4) is 0 Å². The van der Waals surface area contributed by atoms with Crippen LogP contribution >= 0.6 is 0 Å². The fraction of sp³-hybridized carbons (Fsp3) is 0.333. The summed E-state index contributed by atoms with van der Waals surface area (Å²) in [4.78, 5) is 17.2. The van der Waals surface area contributed by atoms with E-state index in [1.165, 1.54) is 19.3 Å². The van der Waals surface area contributed by atoms with Crippen LogP contribution in [0.2, 0.25) is 0 Å². The van der Waals surface area contributed by atoms with Crippen LogP contribution in [0.15, 0.2) is 42.0 Å². The molecule has 0 fully saturated rings. The second-order valence-electron chi connectivity index (χ2n) is 5.63. The van der Waals surface area contributed by atoms with E-state index in [1.807, 2.05) is 24.3 Å². The first kappa shape index (κ1) is 13.8. The van der Waals surface area contributed by atoms with Crippen LogP contribution in [0.5, 0.6) is 0 Å². The Morgan fingerprint density at radius 2 is 1.90 bits per heavy atom. The van der Waals surface area contributed by atoms with E-state index in [0.29, 0.717) is 11.4 Å². The van der Waals surface area contributed by atoms with E-state index in [2.05, 4.69) is 11.1 Å².